The van der Waals surface area contributed by atoms with Gasteiger partial charge >= 0.3 is 0 Å². The molecule has 11 heteroatoms. The zero-order chi connectivity index (χ0) is 27.2. The lowest BCUT2D eigenvalue weighted by Crippen LogP contribution is -2.40. The minimum atomic E-state index is -3.52. The van der Waals surface area contributed by atoms with E-state index in [0.717, 1.165) is 56.4 Å². The van der Waals surface area contributed by atoms with Gasteiger partial charge < -0.3 is 14.6 Å². The van der Waals surface area contributed by atoms with Gasteiger partial charge in [0.05, 0.1) is 24.5 Å². The van der Waals surface area contributed by atoms with Crippen LogP contribution in [-0.4, -0.2) is 67.0 Å². The Balaban J connectivity index is 1.16. The maximum atomic E-state index is 13.0. The lowest BCUT2D eigenvalue weighted by molar-refractivity contribution is -0.121. The molecule has 5 rings (SSSR count). The van der Waals surface area contributed by atoms with Gasteiger partial charge in [0.1, 0.15) is 5.75 Å². The lowest BCUT2D eigenvalue weighted by Gasteiger charge is -2.30. The Kier molecular flexibility index (Phi) is 8.59. The minimum absolute atomic E-state index is 0.0766. The van der Waals surface area contributed by atoms with Crippen LogP contribution in [0.15, 0.2) is 57.9 Å². The molecule has 0 radical (unpaired) electrons. The predicted molar refractivity (Wildman–Crippen MR) is 147 cm³/mol. The summed E-state index contributed by atoms with van der Waals surface area (Å²) in [6, 6.07) is 14.0. The third kappa shape index (κ3) is 6.66. The molecule has 2 aromatic carbocycles. The summed E-state index contributed by atoms with van der Waals surface area (Å²) in [4.78, 5) is 20.0. The summed E-state index contributed by atoms with van der Waals surface area (Å²) in [5, 5.41) is 7.06. The number of anilines is 1. The fraction of sp³-hybridized carbons (Fsp3) is 0.464. The topological polar surface area (TPSA) is 118 Å². The Labute approximate surface area is 229 Å². The summed E-state index contributed by atoms with van der Waals surface area (Å²) in [6.07, 6.45) is 5.57. The maximum Gasteiger partial charge on any atom is 0.243 e. The van der Waals surface area contributed by atoms with Gasteiger partial charge in [-0.25, -0.2) is 8.42 Å². The van der Waals surface area contributed by atoms with Crippen molar-refractivity contribution in [2.45, 2.75) is 50.0 Å². The van der Waals surface area contributed by atoms with Gasteiger partial charge in [0, 0.05) is 30.9 Å². The highest BCUT2D eigenvalue weighted by Crippen LogP contribution is 2.25. The quantitative estimate of drug-likeness (QED) is 0.442. The first kappa shape index (κ1) is 27.3. The molecule has 1 atom stereocenters. The van der Waals surface area contributed by atoms with Crippen LogP contribution in [0.5, 0.6) is 5.75 Å². The third-order valence-corrected chi connectivity index (χ3v) is 9.29. The molecule has 39 heavy (non-hydrogen) atoms. The Hall–Kier alpha value is -3.28. The molecule has 2 fully saturated rings. The summed E-state index contributed by atoms with van der Waals surface area (Å²) < 4.78 is 38.3. The van der Waals surface area contributed by atoms with E-state index in [4.69, 9.17) is 9.26 Å². The highest BCUT2D eigenvalue weighted by atomic mass is 32.2. The lowest BCUT2D eigenvalue weighted by atomic mass is 9.97. The highest BCUT2D eigenvalue weighted by Gasteiger charge is 2.28. The molecular formula is C28H35N5O5S. The minimum Gasteiger partial charge on any atom is -0.497 e. The van der Waals surface area contributed by atoms with E-state index in [0.29, 0.717) is 43.6 Å². The molecule has 2 saturated heterocycles. The average Bonchev–Trinajstić information content (AvgIpc) is 3.23. The molecule has 3 heterocycles. The summed E-state index contributed by atoms with van der Waals surface area (Å²) in [7, 11) is -1.90. The van der Waals surface area contributed by atoms with Gasteiger partial charge in [0.25, 0.3) is 0 Å². The number of hydrogen-bond acceptors (Lipinski definition) is 8. The van der Waals surface area contributed by atoms with Crippen LogP contribution < -0.4 is 10.1 Å². The molecule has 1 aromatic heterocycles. The maximum absolute atomic E-state index is 13.0. The van der Waals surface area contributed by atoms with E-state index in [1.807, 2.05) is 24.3 Å². The van der Waals surface area contributed by atoms with Gasteiger partial charge in [0.2, 0.25) is 27.6 Å². The number of nitrogens with zero attached hydrogens (tertiary/aromatic N) is 4. The Morgan fingerprint density at radius 1 is 1.00 bits per heavy atom. The zero-order valence-corrected chi connectivity index (χ0v) is 23.0. The Bertz CT molecular complexity index is 1350. The highest BCUT2D eigenvalue weighted by molar-refractivity contribution is 7.89. The number of nitrogens with one attached hydrogen (secondary N) is 1. The van der Waals surface area contributed by atoms with Crippen LogP contribution in [0.3, 0.4) is 0 Å². The van der Waals surface area contributed by atoms with E-state index in [9.17, 15) is 13.2 Å². The van der Waals surface area contributed by atoms with E-state index in [1.54, 1.807) is 35.7 Å². The molecular weight excluding hydrogens is 518 g/mol. The van der Waals surface area contributed by atoms with Crippen molar-refractivity contribution in [3.63, 3.8) is 0 Å². The molecule has 3 aromatic rings. The second-order valence-corrected chi connectivity index (χ2v) is 12.1. The van der Waals surface area contributed by atoms with Crippen molar-refractivity contribution in [3.8, 4) is 17.1 Å². The molecule has 10 nitrogen and oxygen atoms in total. The van der Waals surface area contributed by atoms with Crippen LogP contribution in [0, 0.1) is 5.92 Å². The fourth-order valence-corrected chi connectivity index (χ4v) is 6.68. The number of amides is 1. The van der Waals surface area contributed by atoms with Crippen LogP contribution >= 0.6 is 0 Å². The van der Waals surface area contributed by atoms with Crippen molar-refractivity contribution in [2.75, 3.05) is 38.6 Å². The first-order valence-corrected chi connectivity index (χ1v) is 15.0. The largest absolute Gasteiger partial charge is 0.497 e. The van der Waals surface area contributed by atoms with E-state index in [-0.39, 0.29) is 16.7 Å². The molecule has 2 aliphatic rings. The van der Waals surface area contributed by atoms with Crippen molar-refractivity contribution in [1.29, 1.82) is 0 Å². The van der Waals surface area contributed by atoms with E-state index >= 15 is 0 Å². The predicted octanol–water partition coefficient (Wildman–Crippen LogP) is 4.16. The van der Waals surface area contributed by atoms with Crippen molar-refractivity contribution in [1.82, 2.24) is 19.3 Å². The molecule has 0 aliphatic carbocycles. The smallest absolute Gasteiger partial charge is 0.243 e. The van der Waals surface area contributed by atoms with Crippen molar-refractivity contribution < 1.29 is 22.5 Å². The van der Waals surface area contributed by atoms with E-state index < -0.39 is 10.0 Å². The van der Waals surface area contributed by atoms with E-state index in [2.05, 4.69) is 20.4 Å². The number of benzene rings is 2. The first-order chi connectivity index (χ1) is 18.9. The van der Waals surface area contributed by atoms with Crippen molar-refractivity contribution >= 4 is 21.6 Å². The number of carbonyl (C=O) groups is 1. The number of sulfonamides is 1. The van der Waals surface area contributed by atoms with Gasteiger partial charge in [-0.1, -0.05) is 18.0 Å². The normalized spacial score (nSPS) is 19.4. The van der Waals surface area contributed by atoms with Gasteiger partial charge in [-0.15, -0.1) is 0 Å². The number of rotatable bonds is 8. The Morgan fingerprint density at radius 3 is 2.41 bits per heavy atom. The molecule has 1 N–H and O–H groups in total. The van der Waals surface area contributed by atoms with Gasteiger partial charge in [-0.3, -0.25) is 9.69 Å². The van der Waals surface area contributed by atoms with Crippen LogP contribution in [0.25, 0.3) is 11.4 Å². The number of piperidine rings is 1. The standard InChI is InChI=1S/C28H35N5O5S/c1-37-24-12-8-21(9-13-24)27-30-26(38-31-27)20-32-16-6-7-22(19-32)28(34)29-23-10-14-25(15-11-23)39(35,36)33-17-4-2-3-5-18-33/h8-15,22H,2-7,16-20H2,1H3,(H,29,34). The van der Waals surface area contributed by atoms with Gasteiger partial charge in [0.15, 0.2) is 0 Å². The molecule has 208 valence electrons. The van der Waals surface area contributed by atoms with Crippen LogP contribution in [0.2, 0.25) is 0 Å². The Morgan fingerprint density at radius 2 is 1.72 bits per heavy atom. The summed E-state index contributed by atoms with van der Waals surface area (Å²) in [6.45, 7) is 3.01. The number of aromatic nitrogens is 2. The number of ether oxygens (including phenoxy) is 1. The van der Waals surface area contributed by atoms with Crippen molar-refractivity contribution in [3.05, 3.63) is 54.4 Å². The molecule has 1 amide bonds. The number of carbonyl (C=O) groups excluding carboxylic acids is 1. The fourth-order valence-electron chi connectivity index (χ4n) is 5.17. The number of hydrogen-bond donors (Lipinski definition) is 1. The first-order valence-electron chi connectivity index (χ1n) is 13.5. The van der Waals surface area contributed by atoms with Crippen LogP contribution in [-0.2, 0) is 21.4 Å². The molecule has 2 aliphatic heterocycles. The third-order valence-electron chi connectivity index (χ3n) is 7.38. The SMILES string of the molecule is COc1ccc(-c2noc(CN3CCCC(C(=O)Nc4ccc(S(=O)(=O)N5CCCCCC5)cc4)C3)n2)cc1. The molecule has 0 bridgehead atoms. The molecule has 1 unspecified atom stereocenters. The van der Waals surface area contributed by atoms with Crippen LogP contribution in [0.4, 0.5) is 5.69 Å². The monoisotopic (exact) mass is 553 g/mol. The zero-order valence-electron chi connectivity index (χ0n) is 22.2. The van der Waals surface area contributed by atoms with Crippen molar-refractivity contribution in [2.24, 2.45) is 5.92 Å². The number of methoxy groups -OCH3 is 1. The van der Waals surface area contributed by atoms with Gasteiger partial charge in [-0.2, -0.15) is 9.29 Å². The average molecular weight is 554 g/mol. The van der Waals surface area contributed by atoms with Gasteiger partial charge in [-0.05, 0) is 80.8 Å². The molecule has 0 saturated carbocycles. The van der Waals surface area contributed by atoms with E-state index in [1.165, 1.54) is 0 Å². The second kappa shape index (κ2) is 12.3. The molecule has 0 spiro atoms. The summed E-state index contributed by atoms with van der Waals surface area (Å²) in [5.41, 5.74) is 1.43. The second-order valence-electron chi connectivity index (χ2n) is 10.1. The summed E-state index contributed by atoms with van der Waals surface area (Å²) >= 11 is 0. The summed E-state index contributed by atoms with van der Waals surface area (Å²) in [5.74, 6) is 1.51. The number of likely N-dealkylation sites (tertiary alicyclic amines) is 1. The van der Waals surface area contributed by atoms with Crippen LogP contribution in [0.1, 0.15) is 44.4 Å².